The van der Waals surface area contributed by atoms with Crippen LogP contribution in [0.5, 0.6) is 0 Å². The van der Waals surface area contributed by atoms with Crippen molar-refractivity contribution in [3.8, 4) is 0 Å². The van der Waals surface area contributed by atoms with Crippen LogP contribution in [0, 0.1) is 0 Å². The molecule has 94 valence electrons. The fourth-order valence-electron chi connectivity index (χ4n) is 1.24. The third kappa shape index (κ3) is 7.23. The highest BCUT2D eigenvalue weighted by Gasteiger charge is 2.12. The van der Waals surface area contributed by atoms with E-state index in [2.05, 4.69) is 5.32 Å². The molecule has 0 rings (SSSR count). The molecule has 0 aliphatic carbocycles. The van der Waals surface area contributed by atoms with Gasteiger partial charge in [-0.05, 0) is 12.8 Å². The number of carbonyl (C=O) groups is 2. The molecule has 0 aliphatic heterocycles. The van der Waals surface area contributed by atoms with Crippen LogP contribution in [0.3, 0.4) is 0 Å². The van der Waals surface area contributed by atoms with Crippen LogP contribution in [0.4, 0.5) is 0 Å². The SMILES string of the molecule is CCCNC(=O)CN(CCCOC)C(C)=O. The van der Waals surface area contributed by atoms with Crippen molar-refractivity contribution < 1.29 is 14.3 Å². The molecule has 0 atom stereocenters. The van der Waals surface area contributed by atoms with Crippen LogP contribution in [0.15, 0.2) is 0 Å². The van der Waals surface area contributed by atoms with E-state index in [-0.39, 0.29) is 18.4 Å². The fourth-order valence-corrected chi connectivity index (χ4v) is 1.24. The highest BCUT2D eigenvalue weighted by molar-refractivity contribution is 5.83. The molecule has 1 N–H and O–H groups in total. The van der Waals surface area contributed by atoms with Crippen molar-refractivity contribution in [1.29, 1.82) is 0 Å². The molecular formula is C11H22N2O3. The van der Waals surface area contributed by atoms with Gasteiger partial charge >= 0.3 is 0 Å². The van der Waals surface area contributed by atoms with Crippen LogP contribution in [-0.2, 0) is 14.3 Å². The lowest BCUT2D eigenvalue weighted by Crippen LogP contribution is -2.40. The molecule has 5 heteroatoms. The van der Waals surface area contributed by atoms with Gasteiger partial charge in [-0.1, -0.05) is 6.92 Å². The molecule has 5 nitrogen and oxygen atoms in total. The van der Waals surface area contributed by atoms with Crippen LogP contribution < -0.4 is 5.32 Å². The summed E-state index contributed by atoms with van der Waals surface area (Å²) in [6, 6.07) is 0. The summed E-state index contributed by atoms with van der Waals surface area (Å²) in [4.78, 5) is 24.2. The van der Waals surface area contributed by atoms with Crippen molar-refractivity contribution in [3.63, 3.8) is 0 Å². The second-order valence-corrected chi connectivity index (χ2v) is 3.64. The zero-order chi connectivity index (χ0) is 12.4. The summed E-state index contributed by atoms with van der Waals surface area (Å²) in [5.41, 5.74) is 0. The standard InChI is InChI=1S/C11H22N2O3/c1-4-6-12-11(15)9-13(10(2)14)7-5-8-16-3/h4-9H2,1-3H3,(H,12,15). The van der Waals surface area contributed by atoms with Gasteiger partial charge in [0.15, 0.2) is 0 Å². The summed E-state index contributed by atoms with van der Waals surface area (Å²) in [7, 11) is 1.62. The van der Waals surface area contributed by atoms with E-state index in [0.29, 0.717) is 19.7 Å². The maximum Gasteiger partial charge on any atom is 0.239 e. The molecule has 16 heavy (non-hydrogen) atoms. The smallest absolute Gasteiger partial charge is 0.239 e. The lowest BCUT2D eigenvalue weighted by atomic mass is 10.3. The number of ether oxygens (including phenoxy) is 1. The Morgan fingerprint density at radius 1 is 1.38 bits per heavy atom. The Labute approximate surface area is 97.1 Å². The van der Waals surface area contributed by atoms with Crippen molar-refractivity contribution in [2.75, 3.05) is 33.4 Å². The lowest BCUT2D eigenvalue weighted by molar-refractivity contribution is -0.134. The maximum absolute atomic E-state index is 11.4. The first-order chi connectivity index (χ1) is 7.61. The molecule has 0 aliphatic rings. The molecule has 0 heterocycles. The Balaban J connectivity index is 3.92. The van der Waals surface area contributed by atoms with Gasteiger partial charge in [-0.15, -0.1) is 0 Å². The molecule has 0 bridgehead atoms. The van der Waals surface area contributed by atoms with Crippen molar-refractivity contribution in [2.45, 2.75) is 26.7 Å². The van der Waals surface area contributed by atoms with Crippen molar-refractivity contribution >= 4 is 11.8 Å². The summed E-state index contributed by atoms with van der Waals surface area (Å²) in [5, 5.41) is 2.74. The Morgan fingerprint density at radius 3 is 2.56 bits per heavy atom. The normalized spacial score (nSPS) is 9.94. The molecule has 0 radical (unpaired) electrons. The second kappa shape index (κ2) is 9.15. The first-order valence-corrected chi connectivity index (χ1v) is 5.63. The van der Waals surface area contributed by atoms with Crippen LogP contribution in [0.2, 0.25) is 0 Å². The number of rotatable bonds is 8. The summed E-state index contributed by atoms with van der Waals surface area (Å²) in [5.74, 6) is -0.183. The number of methoxy groups -OCH3 is 1. The Hall–Kier alpha value is -1.10. The van der Waals surface area contributed by atoms with E-state index in [0.717, 1.165) is 12.8 Å². The van der Waals surface area contributed by atoms with Gasteiger partial charge in [-0.3, -0.25) is 9.59 Å². The first-order valence-electron chi connectivity index (χ1n) is 5.63. The summed E-state index contributed by atoms with van der Waals surface area (Å²) < 4.78 is 4.90. The fraction of sp³-hybridized carbons (Fsp3) is 0.818. The van der Waals surface area contributed by atoms with Gasteiger partial charge in [-0.25, -0.2) is 0 Å². The van der Waals surface area contributed by atoms with Gasteiger partial charge in [0.05, 0.1) is 6.54 Å². The molecular weight excluding hydrogens is 208 g/mol. The monoisotopic (exact) mass is 230 g/mol. The van der Waals surface area contributed by atoms with Gasteiger partial charge in [-0.2, -0.15) is 0 Å². The van der Waals surface area contributed by atoms with Crippen LogP contribution in [-0.4, -0.2) is 50.1 Å². The summed E-state index contributed by atoms with van der Waals surface area (Å²) >= 11 is 0. The summed E-state index contributed by atoms with van der Waals surface area (Å²) in [6.45, 7) is 5.41. The largest absolute Gasteiger partial charge is 0.385 e. The number of hydrogen-bond donors (Lipinski definition) is 1. The first kappa shape index (κ1) is 14.9. The highest BCUT2D eigenvalue weighted by Crippen LogP contribution is 1.93. The molecule has 2 amide bonds. The minimum atomic E-state index is -0.102. The summed E-state index contributed by atoms with van der Waals surface area (Å²) in [6.07, 6.45) is 1.65. The van der Waals surface area contributed by atoms with E-state index in [1.54, 1.807) is 7.11 Å². The molecule has 0 unspecified atom stereocenters. The van der Waals surface area contributed by atoms with Gasteiger partial charge in [0, 0.05) is 33.7 Å². The molecule has 0 aromatic carbocycles. The quantitative estimate of drug-likeness (QED) is 0.614. The minimum absolute atomic E-state index is 0.0808. The average Bonchev–Trinajstić information content (AvgIpc) is 2.25. The predicted molar refractivity (Wildman–Crippen MR) is 62.0 cm³/mol. The predicted octanol–water partition coefficient (Wildman–Crippen LogP) is 0.398. The van der Waals surface area contributed by atoms with E-state index in [1.807, 2.05) is 6.92 Å². The van der Waals surface area contributed by atoms with E-state index < -0.39 is 0 Å². The third-order valence-electron chi connectivity index (χ3n) is 2.13. The molecule has 0 saturated carbocycles. The molecule has 0 fully saturated rings. The third-order valence-corrected chi connectivity index (χ3v) is 2.13. The van der Waals surface area contributed by atoms with E-state index in [1.165, 1.54) is 11.8 Å². The second-order valence-electron chi connectivity index (χ2n) is 3.64. The Kier molecular flexibility index (Phi) is 8.52. The van der Waals surface area contributed by atoms with Gasteiger partial charge in [0.1, 0.15) is 0 Å². The number of nitrogens with one attached hydrogen (secondary N) is 1. The van der Waals surface area contributed by atoms with Crippen molar-refractivity contribution in [3.05, 3.63) is 0 Å². The number of hydrogen-bond acceptors (Lipinski definition) is 3. The van der Waals surface area contributed by atoms with Gasteiger partial charge in [0.25, 0.3) is 0 Å². The van der Waals surface area contributed by atoms with Crippen LogP contribution in [0.1, 0.15) is 26.7 Å². The maximum atomic E-state index is 11.4. The lowest BCUT2D eigenvalue weighted by Gasteiger charge is -2.20. The van der Waals surface area contributed by atoms with E-state index in [4.69, 9.17) is 4.74 Å². The highest BCUT2D eigenvalue weighted by atomic mass is 16.5. The van der Waals surface area contributed by atoms with Crippen molar-refractivity contribution in [2.24, 2.45) is 0 Å². The van der Waals surface area contributed by atoms with Crippen LogP contribution >= 0.6 is 0 Å². The Morgan fingerprint density at radius 2 is 2.06 bits per heavy atom. The van der Waals surface area contributed by atoms with Gasteiger partial charge < -0.3 is 15.0 Å². The minimum Gasteiger partial charge on any atom is -0.385 e. The molecule has 0 aromatic rings. The number of amides is 2. The van der Waals surface area contributed by atoms with E-state index >= 15 is 0 Å². The number of carbonyl (C=O) groups excluding carboxylic acids is 2. The Bertz CT molecular complexity index is 219. The zero-order valence-electron chi connectivity index (χ0n) is 10.4. The van der Waals surface area contributed by atoms with E-state index in [9.17, 15) is 9.59 Å². The molecule has 0 saturated heterocycles. The van der Waals surface area contributed by atoms with Gasteiger partial charge in [0.2, 0.25) is 11.8 Å². The average molecular weight is 230 g/mol. The molecule has 0 spiro atoms. The topological polar surface area (TPSA) is 58.6 Å². The number of nitrogens with zero attached hydrogens (tertiary/aromatic N) is 1. The zero-order valence-corrected chi connectivity index (χ0v) is 10.4. The molecule has 0 aromatic heterocycles. The van der Waals surface area contributed by atoms with Crippen LogP contribution in [0.25, 0.3) is 0 Å². The van der Waals surface area contributed by atoms with Crippen molar-refractivity contribution in [1.82, 2.24) is 10.2 Å².